The number of amides is 1. The molecule has 2 aromatic rings. The first-order valence-electron chi connectivity index (χ1n) is 9.91. The van der Waals surface area contributed by atoms with Crippen LogP contribution in [-0.4, -0.2) is 41.5 Å². The highest BCUT2D eigenvalue weighted by atomic mass is 16.2. The van der Waals surface area contributed by atoms with Crippen LogP contribution in [0.25, 0.3) is 0 Å². The second-order valence-electron chi connectivity index (χ2n) is 7.80. The number of H-pyrrole nitrogens is 1. The van der Waals surface area contributed by atoms with Crippen LogP contribution in [0.4, 0.5) is 5.69 Å². The Balaban J connectivity index is 1.54. The van der Waals surface area contributed by atoms with Crippen molar-refractivity contribution in [1.29, 1.82) is 0 Å². The van der Waals surface area contributed by atoms with Crippen LogP contribution in [0, 0.1) is 6.92 Å². The van der Waals surface area contributed by atoms with Gasteiger partial charge in [-0.15, -0.1) is 0 Å². The van der Waals surface area contributed by atoms with Crippen molar-refractivity contribution < 1.29 is 4.79 Å². The Labute approximate surface area is 160 Å². The van der Waals surface area contributed by atoms with Crippen molar-refractivity contribution in [3.05, 3.63) is 63.1 Å². The van der Waals surface area contributed by atoms with Crippen molar-refractivity contribution in [1.82, 2.24) is 9.88 Å². The zero-order valence-corrected chi connectivity index (χ0v) is 16.1. The fraction of sp³-hybridized carbons (Fsp3) is 0.455. The van der Waals surface area contributed by atoms with Crippen LogP contribution in [-0.2, 0) is 12.8 Å². The summed E-state index contributed by atoms with van der Waals surface area (Å²) in [5.41, 5.74) is 4.68. The van der Waals surface area contributed by atoms with Crippen molar-refractivity contribution >= 4 is 11.6 Å². The van der Waals surface area contributed by atoms with Gasteiger partial charge in [0.15, 0.2) is 0 Å². The van der Waals surface area contributed by atoms with Crippen molar-refractivity contribution in [2.45, 2.75) is 45.6 Å². The molecule has 142 valence electrons. The zero-order valence-electron chi connectivity index (χ0n) is 16.1. The van der Waals surface area contributed by atoms with Gasteiger partial charge in [0.25, 0.3) is 11.5 Å². The van der Waals surface area contributed by atoms with Crippen molar-refractivity contribution in [3.63, 3.8) is 0 Å². The van der Waals surface area contributed by atoms with E-state index in [0.717, 1.165) is 50.0 Å². The molecule has 2 aliphatic rings. The minimum absolute atomic E-state index is 0.0567. The number of carbonyl (C=O) groups is 1. The summed E-state index contributed by atoms with van der Waals surface area (Å²) in [6.45, 7) is 6.37. The van der Waals surface area contributed by atoms with E-state index in [4.69, 9.17) is 0 Å². The van der Waals surface area contributed by atoms with Crippen LogP contribution in [0.15, 0.2) is 35.1 Å². The Kier molecular flexibility index (Phi) is 4.77. The maximum atomic E-state index is 13.1. The first kappa shape index (κ1) is 17.8. The molecule has 27 heavy (non-hydrogen) atoms. The van der Waals surface area contributed by atoms with E-state index in [2.05, 4.69) is 41.9 Å². The molecule has 0 spiro atoms. The van der Waals surface area contributed by atoms with Gasteiger partial charge in [0, 0.05) is 37.1 Å². The molecule has 1 aromatic heterocycles. The number of para-hydroxylation sites is 1. The number of piperazine rings is 1. The van der Waals surface area contributed by atoms with E-state index in [1.54, 1.807) is 0 Å². The quantitative estimate of drug-likeness (QED) is 0.890. The normalized spacial score (nSPS) is 19.7. The minimum Gasteiger partial charge on any atom is -0.367 e. The summed E-state index contributed by atoms with van der Waals surface area (Å²) in [4.78, 5) is 32.8. The second kappa shape index (κ2) is 7.22. The molecule has 1 saturated heterocycles. The van der Waals surface area contributed by atoms with E-state index in [1.165, 1.54) is 11.3 Å². The fourth-order valence-electron chi connectivity index (χ4n) is 4.38. The number of aromatic nitrogens is 1. The largest absolute Gasteiger partial charge is 0.367 e. The lowest BCUT2D eigenvalue weighted by atomic mass is 9.94. The predicted molar refractivity (Wildman–Crippen MR) is 108 cm³/mol. The van der Waals surface area contributed by atoms with E-state index >= 15 is 0 Å². The van der Waals surface area contributed by atoms with Gasteiger partial charge in [-0.3, -0.25) is 9.59 Å². The predicted octanol–water partition coefficient (Wildman–Crippen LogP) is 2.91. The summed E-state index contributed by atoms with van der Waals surface area (Å²) in [6.07, 6.45) is 4.08. The molecule has 1 aromatic carbocycles. The van der Waals surface area contributed by atoms with Gasteiger partial charge in [0.1, 0.15) is 5.56 Å². The molecule has 4 rings (SSSR count). The third-order valence-electron chi connectivity index (χ3n) is 5.91. The maximum absolute atomic E-state index is 13.1. The lowest BCUT2D eigenvalue weighted by Crippen LogP contribution is -2.55. The number of fused-ring (bicyclic) bond motifs is 1. The molecule has 1 atom stereocenters. The number of aryl methyl sites for hydroxylation is 3. The van der Waals surface area contributed by atoms with Gasteiger partial charge >= 0.3 is 0 Å². The first-order valence-corrected chi connectivity index (χ1v) is 9.91. The highest BCUT2D eigenvalue weighted by Crippen LogP contribution is 2.24. The smallest absolute Gasteiger partial charge is 0.261 e. The van der Waals surface area contributed by atoms with Crippen molar-refractivity contribution in [2.75, 3.05) is 24.5 Å². The molecule has 1 unspecified atom stereocenters. The molecule has 2 heterocycles. The Morgan fingerprint density at radius 3 is 2.70 bits per heavy atom. The number of anilines is 1. The van der Waals surface area contributed by atoms with E-state index in [9.17, 15) is 9.59 Å². The van der Waals surface area contributed by atoms with Gasteiger partial charge in [-0.2, -0.15) is 0 Å². The molecule has 0 bridgehead atoms. The fourth-order valence-corrected chi connectivity index (χ4v) is 4.38. The second-order valence-corrected chi connectivity index (χ2v) is 7.80. The summed E-state index contributed by atoms with van der Waals surface area (Å²) >= 11 is 0. The summed E-state index contributed by atoms with van der Waals surface area (Å²) in [5.74, 6) is -0.137. The molecule has 0 radical (unpaired) electrons. The number of rotatable bonds is 2. The number of nitrogens with one attached hydrogen (secondary N) is 1. The lowest BCUT2D eigenvalue weighted by Gasteiger charge is -2.41. The minimum atomic E-state index is -0.241. The van der Waals surface area contributed by atoms with E-state index in [0.29, 0.717) is 12.1 Å². The van der Waals surface area contributed by atoms with Crippen molar-refractivity contribution in [2.24, 2.45) is 0 Å². The lowest BCUT2D eigenvalue weighted by molar-refractivity contribution is 0.0672. The topological polar surface area (TPSA) is 56.4 Å². The van der Waals surface area contributed by atoms with Gasteiger partial charge in [-0.25, -0.2) is 0 Å². The van der Waals surface area contributed by atoms with Gasteiger partial charge < -0.3 is 14.8 Å². The number of hydrogen-bond donors (Lipinski definition) is 1. The molecule has 1 aliphatic heterocycles. The maximum Gasteiger partial charge on any atom is 0.261 e. The number of carbonyl (C=O) groups excluding carboxylic acids is 1. The zero-order chi connectivity index (χ0) is 19.0. The Bertz CT molecular complexity index is 918. The van der Waals surface area contributed by atoms with Gasteiger partial charge in [-0.1, -0.05) is 18.2 Å². The molecule has 1 fully saturated rings. The molecular formula is C22H27N3O2. The first-order chi connectivity index (χ1) is 13.0. The number of nitrogens with zero attached hydrogens (tertiary/aromatic N) is 2. The van der Waals surface area contributed by atoms with Gasteiger partial charge in [0.2, 0.25) is 0 Å². The van der Waals surface area contributed by atoms with Crippen molar-refractivity contribution in [3.8, 4) is 0 Å². The average molecular weight is 365 g/mol. The van der Waals surface area contributed by atoms with Crippen LogP contribution in [0.5, 0.6) is 0 Å². The van der Waals surface area contributed by atoms with Crippen LogP contribution in [0.3, 0.4) is 0 Å². The standard InChI is InChI=1S/C22H27N3O2/c1-15-7-3-6-10-20(15)24-11-12-25(16(2)14-24)22(27)18-13-17-8-4-5-9-19(17)23-21(18)26/h3,6-7,10,13,16H,4-5,8-9,11-12,14H2,1-2H3,(H,23,26). The Morgan fingerprint density at radius 2 is 1.93 bits per heavy atom. The van der Waals surface area contributed by atoms with Crippen LogP contribution in [0.1, 0.15) is 46.9 Å². The van der Waals surface area contributed by atoms with Gasteiger partial charge in [-0.05, 0) is 62.8 Å². The van der Waals surface area contributed by atoms with Crippen LogP contribution < -0.4 is 10.5 Å². The molecule has 5 heteroatoms. The molecule has 5 nitrogen and oxygen atoms in total. The van der Waals surface area contributed by atoms with E-state index in [1.807, 2.05) is 17.0 Å². The average Bonchev–Trinajstić information content (AvgIpc) is 2.67. The number of aromatic amines is 1. The molecule has 1 aliphatic carbocycles. The Hall–Kier alpha value is -2.56. The highest BCUT2D eigenvalue weighted by Gasteiger charge is 2.30. The monoisotopic (exact) mass is 365 g/mol. The molecule has 1 amide bonds. The molecule has 1 N–H and O–H groups in total. The number of benzene rings is 1. The number of hydrogen-bond acceptors (Lipinski definition) is 3. The van der Waals surface area contributed by atoms with E-state index < -0.39 is 0 Å². The highest BCUT2D eigenvalue weighted by molar-refractivity contribution is 5.94. The summed E-state index contributed by atoms with van der Waals surface area (Å²) in [7, 11) is 0. The SMILES string of the molecule is Cc1ccccc1N1CCN(C(=O)c2cc3c([nH]c2=O)CCCC3)C(C)C1. The molecular weight excluding hydrogens is 338 g/mol. The third kappa shape index (κ3) is 3.38. The van der Waals surface area contributed by atoms with Crippen LogP contribution >= 0.6 is 0 Å². The summed E-state index contributed by atoms with van der Waals surface area (Å²) in [5, 5.41) is 0. The van der Waals surface area contributed by atoms with Crippen LogP contribution in [0.2, 0.25) is 0 Å². The van der Waals surface area contributed by atoms with E-state index in [-0.39, 0.29) is 17.5 Å². The Morgan fingerprint density at radius 1 is 1.15 bits per heavy atom. The third-order valence-corrected chi connectivity index (χ3v) is 5.91. The summed E-state index contributed by atoms with van der Waals surface area (Å²) < 4.78 is 0. The van der Waals surface area contributed by atoms with Gasteiger partial charge in [0.05, 0.1) is 0 Å². The number of pyridine rings is 1. The summed E-state index contributed by atoms with van der Waals surface area (Å²) in [6, 6.07) is 10.2. The molecule has 0 saturated carbocycles.